The van der Waals surface area contributed by atoms with E-state index in [1.807, 2.05) is 36.5 Å². The minimum absolute atomic E-state index is 0.779. The van der Waals surface area contributed by atoms with Crippen LogP contribution in [-0.2, 0) is 6.54 Å². The summed E-state index contributed by atoms with van der Waals surface area (Å²) in [5.41, 5.74) is 4.49. The van der Waals surface area contributed by atoms with E-state index in [9.17, 15) is 0 Å². The maximum atomic E-state index is 4.27. The molecule has 0 fully saturated rings. The normalized spacial score (nSPS) is 12.4. The van der Waals surface area contributed by atoms with Crippen molar-refractivity contribution >= 4 is 44.3 Å². The number of hydrogen-bond acceptors (Lipinski definition) is 5. The van der Waals surface area contributed by atoms with E-state index in [2.05, 4.69) is 48.6 Å². The molecule has 6 heteroatoms. The Morgan fingerprint density at radius 1 is 1.09 bits per heavy atom. The van der Waals surface area contributed by atoms with E-state index in [0.717, 1.165) is 32.4 Å². The lowest BCUT2D eigenvalue weighted by molar-refractivity contribution is 1.10. The molecule has 0 spiro atoms. The number of nitrogens with zero attached hydrogens (tertiary/aromatic N) is 3. The fraction of sp³-hybridized carbons (Fsp3) is 0.0625. The number of aromatic nitrogens is 2. The molecule has 3 aromatic rings. The first-order valence-electron chi connectivity index (χ1n) is 6.77. The number of halogens is 1. The molecule has 2 aromatic carbocycles. The molecule has 2 heterocycles. The molecule has 4 nitrogen and oxygen atoms in total. The van der Waals surface area contributed by atoms with Gasteiger partial charge < -0.3 is 5.32 Å². The fourth-order valence-electron chi connectivity index (χ4n) is 2.31. The van der Waals surface area contributed by atoms with Crippen LogP contribution in [0.15, 0.2) is 51.9 Å². The molecule has 1 aliphatic heterocycles. The SMILES string of the molecule is Brc1cccc(-c2nnc(Nc3ccc4c(c3)C=NC4)s2)c1. The molecular weight excluding hydrogens is 360 g/mol. The summed E-state index contributed by atoms with van der Waals surface area (Å²) in [7, 11) is 0. The van der Waals surface area contributed by atoms with Crippen molar-refractivity contribution < 1.29 is 0 Å². The maximum Gasteiger partial charge on any atom is 0.210 e. The Hall–Kier alpha value is -2.05. The van der Waals surface area contributed by atoms with Gasteiger partial charge in [-0.2, -0.15) is 0 Å². The van der Waals surface area contributed by atoms with Crippen LogP contribution in [-0.4, -0.2) is 16.4 Å². The van der Waals surface area contributed by atoms with Crippen LogP contribution in [0.25, 0.3) is 10.6 Å². The van der Waals surface area contributed by atoms with Gasteiger partial charge >= 0.3 is 0 Å². The lowest BCUT2D eigenvalue weighted by Gasteiger charge is -2.03. The van der Waals surface area contributed by atoms with E-state index in [1.54, 1.807) is 0 Å². The molecule has 0 radical (unpaired) electrons. The van der Waals surface area contributed by atoms with Gasteiger partial charge in [0.25, 0.3) is 0 Å². The van der Waals surface area contributed by atoms with Crippen molar-refractivity contribution in [2.75, 3.05) is 5.32 Å². The summed E-state index contributed by atoms with van der Waals surface area (Å²) >= 11 is 5.01. The Kier molecular flexibility index (Phi) is 3.48. The summed E-state index contributed by atoms with van der Waals surface area (Å²) in [6, 6.07) is 14.3. The Labute approximate surface area is 140 Å². The third kappa shape index (κ3) is 2.67. The quantitative estimate of drug-likeness (QED) is 0.730. The van der Waals surface area contributed by atoms with Gasteiger partial charge in [-0.3, -0.25) is 4.99 Å². The van der Waals surface area contributed by atoms with Crippen LogP contribution in [0, 0.1) is 0 Å². The largest absolute Gasteiger partial charge is 0.330 e. The minimum Gasteiger partial charge on any atom is -0.330 e. The monoisotopic (exact) mass is 370 g/mol. The Balaban J connectivity index is 1.58. The third-order valence-electron chi connectivity index (χ3n) is 3.39. The average Bonchev–Trinajstić information content (AvgIpc) is 3.16. The summed E-state index contributed by atoms with van der Waals surface area (Å²) in [5, 5.41) is 13.5. The van der Waals surface area contributed by atoms with E-state index in [1.165, 1.54) is 22.5 Å². The van der Waals surface area contributed by atoms with Crippen LogP contribution < -0.4 is 5.32 Å². The highest BCUT2D eigenvalue weighted by atomic mass is 79.9. The zero-order chi connectivity index (χ0) is 14.9. The van der Waals surface area contributed by atoms with Crippen LogP contribution >= 0.6 is 27.3 Å². The molecule has 1 aliphatic rings. The van der Waals surface area contributed by atoms with E-state index in [0.29, 0.717) is 0 Å². The van der Waals surface area contributed by atoms with Gasteiger partial charge in [-0.15, -0.1) is 10.2 Å². The predicted octanol–water partition coefficient (Wildman–Crippen LogP) is 4.64. The number of anilines is 2. The molecule has 22 heavy (non-hydrogen) atoms. The molecule has 1 aromatic heterocycles. The molecule has 0 unspecified atom stereocenters. The Bertz CT molecular complexity index is 872. The van der Waals surface area contributed by atoms with Crippen LogP contribution in [0.5, 0.6) is 0 Å². The van der Waals surface area contributed by atoms with Crippen molar-refractivity contribution in [3.05, 3.63) is 58.1 Å². The Morgan fingerprint density at radius 2 is 2.05 bits per heavy atom. The molecule has 108 valence electrons. The van der Waals surface area contributed by atoms with Crippen molar-refractivity contribution in [1.82, 2.24) is 10.2 Å². The smallest absolute Gasteiger partial charge is 0.210 e. The second kappa shape index (κ2) is 5.62. The lowest BCUT2D eigenvalue weighted by Crippen LogP contribution is -1.92. The summed E-state index contributed by atoms with van der Waals surface area (Å²) in [6.07, 6.45) is 1.91. The predicted molar refractivity (Wildman–Crippen MR) is 94.1 cm³/mol. The number of fused-ring (bicyclic) bond motifs is 1. The zero-order valence-electron chi connectivity index (χ0n) is 11.5. The van der Waals surface area contributed by atoms with E-state index in [4.69, 9.17) is 0 Å². The standard InChI is InChI=1S/C16H11BrN4S/c17-13-3-1-2-10(6-13)15-20-21-16(22-15)19-14-5-4-11-8-18-9-12(11)7-14/h1-7,9H,8H2,(H,19,21). The maximum absolute atomic E-state index is 4.27. The van der Waals surface area contributed by atoms with Crippen LogP contribution in [0.3, 0.4) is 0 Å². The van der Waals surface area contributed by atoms with Crippen LogP contribution in [0.4, 0.5) is 10.8 Å². The van der Waals surface area contributed by atoms with Gasteiger partial charge in [0.2, 0.25) is 5.13 Å². The number of hydrogen-bond donors (Lipinski definition) is 1. The number of nitrogens with one attached hydrogen (secondary N) is 1. The summed E-state index contributed by atoms with van der Waals surface area (Å²) in [6.45, 7) is 0.779. The van der Waals surface area contributed by atoms with Gasteiger partial charge in [-0.25, -0.2) is 0 Å². The van der Waals surface area contributed by atoms with Crippen molar-refractivity contribution in [2.45, 2.75) is 6.54 Å². The summed E-state index contributed by atoms with van der Waals surface area (Å²) in [4.78, 5) is 4.27. The van der Waals surface area contributed by atoms with Gasteiger partial charge in [0, 0.05) is 21.9 Å². The third-order valence-corrected chi connectivity index (χ3v) is 4.77. The molecule has 4 rings (SSSR count). The number of rotatable bonds is 3. The molecule has 0 atom stereocenters. The van der Waals surface area contributed by atoms with Crippen molar-refractivity contribution in [2.24, 2.45) is 4.99 Å². The van der Waals surface area contributed by atoms with Gasteiger partial charge in [0.15, 0.2) is 0 Å². The highest BCUT2D eigenvalue weighted by molar-refractivity contribution is 9.10. The molecule has 1 N–H and O–H groups in total. The zero-order valence-corrected chi connectivity index (χ0v) is 13.9. The van der Waals surface area contributed by atoms with E-state index < -0.39 is 0 Å². The van der Waals surface area contributed by atoms with Crippen molar-refractivity contribution in [1.29, 1.82) is 0 Å². The van der Waals surface area contributed by atoms with Crippen LogP contribution in [0.1, 0.15) is 11.1 Å². The second-order valence-corrected chi connectivity index (χ2v) is 6.82. The average molecular weight is 371 g/mol. The highest BCUT2D eigenvalue weighted by Gasteiger charge is 2.10. The molecular formula is C16H11BrN4S. The lowest BCUT2D eigenvalue weighted by atomic mass is 10.1. The van der Waals surface area contributed by atoms with E-state index in [-0.39, 0.29) is 0 Å². The number of aliphatic imine (C=N–C) groups is 1. The number of benzene rings is 2. The van der Waals surface area contributed by atoms with Crippen molar-refractivity contribution in [3.63, 3.8) is 0 Å². The summed E-state index contributed by atoms with van der Waals surface area (Å²) in [5.74, 6) is 0. The van der Waals surface area contributed by atoms with Crippen LogP contribution in [0.2, 0.25) is 0 Å². The van der Waals surface area contributed by atoms with Gasteiger partial charge in [0.05, 0.1) is 6.54 Å². The molecule has 0 amide bonds. The first kappa shape index (κ1) is 13.6. The highest BCUT2D eigenvalue weighted by Crippen LogP contribution is 2.30. The van der Waals surface area contributed by atoms with Crippen molar-refractivity contribution in [3.8, 4) is 10.6 Å². The minimum atomic E-state index is 0.779. The molecule has 0 aliphatic carbocycles. The first-order valence-corrected chi connectivity index (χ1v) is 8.38. The first-order chi connectivity index (χ1) is 10.8. The molecule has 0 saturated heterocycles. The van der Waals surface area contributed by atoms with Gasteiger partial charge in [-0.1, -0.05) is 45.5 Å². The van der Waals surface area contributed by atoms with Gasteiger partial charge in [-0.05, 0) is 35.4 Å². The molecule has 0 bridgehead atoms. The molecule has 0 saturated carbocycles. The second-order valence-electron chi connectivity index (χ2n) is 4.93. The summed E-state index contributed by atoms with van der Waals surface area (Å²) < 4.78 is 1.03. The Morgan fingerprint density at radius 3 is 2.95 bits per heavy atom. The van der Waals surface area contributed by atoms with Gasteiger partial charge in [0.1, 0.15) is 5.01 Å². The fourth-order valence-corrected chi connectivity index (χ4v) is 3.47. The van der Waals surface area contributed by atoms with E-state index >= 15 is 0 Å². The topological polar surface area (TPSA) is 50.2 Å².